The van der Waals surface area contributed by atoms with E-state index in [4.69, 9.17) is 0 Å². The lowest BCUT2D eigenvalue weighted by atomic mass is 9.74. The second-order valence-corrected chi connectivity index (χ2v) is 6.41. The summed E-state index contributed by atoms with van der Waals surface area (Å²) >= 11 is 1.31. The summed E-state index contributed by atoms with van der Waals surface area (Å²) in [4.78, 5) is 0. The van der Waals surface area contributed by atoms with Crippen molar-refractivity contribution in [3.63, 3.8) is 0 Å². The third kappa shape index (κ3) is 2.07. The van der Waals surface area contributed by atoms with Crippen LogP contribution >= 0.6 is 11.7 Å². The highest BCUT2D eigenvalue weighted by Crippen LogP contribution is 2.47. The van der Waals surface area contributed by atoms with Crippen molar-refractivity contribution >= 4 is 17.3 Å². The predicted octanol–water partition coefficient (Wildman–Crippen LogP) is 5.24. The van der Waals surface area contributed by atoms with Gasteiger partial charge in [-0.3, -0.25) is 0 Å². The first-order chi connectivity index (χ1) is 10.1. The molecule has 0 amide bonds. The highest BCUT2D eigenvalue weighted by Gasteiger charge is 2.34. The third-order valence-corrected chi connectivity index (χ3v) is 4.84. The van der Waals surface area contributed by atoms with E-state index in [1.54, 1.807) is 0 Å². The van der Waals surface area contributed by atoms with Crippen LogP contribution in [0.5, 0.6) is 0 Å². The molecular formula is C18H20N2S. The Bertz CT molecular complexity index is 735. The largest absolute Gasteiger partial charge is 0.173 e. The fourth-order valence-corrected chi connectivity index (χ4v) is 3.87. The highest BCUT2D eigenvalue weighted by atomic mass is 32.1. The van der Waals surface area contributed by atoms with E-state index >= 15 is 0 Å². The average molecular weight is 296 g/mol. The zero-order chi connectivity index (χ0) is 15.0. The second-order valence-electron chi connectivity index (χ2n) is 5.88. The molecule has 0 bridgehead atoms. The fraction of sp³-hybridized carbons (Fsp3) is 0.333. The Balaban J connectivity index is 2.45. The number of fused-ring (bicyclic) bond motifs is 3. The molecule has 0 atom stereocenters. The Morgan fingerprint density at radius 1 is 1.14 bits per heavy atom. The van der Waals surface area contributed by atoms with Crippen LogP contribution in [0, 0.1) is 0 Å². The molecule has 1 aromatic heterocycles. The van der Waals surface area contributed by atoms with Crippen molar-refractivity contribution in [1.82, 2.24) is 8.75 Å². The van der Waals surface area contributed by atoms with Gasteiger partial charge in [-0.1, -0.05) is 57.2 Å². The van der Waals surface area contributed by atoms with Crippen molar-refractivity contribution in [3.05, 3.63) is 53.2 Å². The van der Waals surface area contributed by atoms with Gasteiger partial charge in [-0.25, -0.2) is 0 Å². The van der Waals surface area contributed by atoms with Gasteiger partial charge in [0.15, 0.2) is 0 Å². The monoisotopic (exact) mass is 296 g/mol. The molecule has 2 nitrogen and oxygen atoms in total. The number of aromatic nitrogens is 2. The molecule has 1 aromatic carbocycles. The Morgan fingerprint density at radius 3 is 2.57 bits per heavy atom. The SMILES string of the molecule is CC=CC1=C(CC)c2nsnc2-c2ccccc2C1(C)C. The maximum Gasteiger partial charge on any atom is 0.112 e. The van der Waals surface area contributed by atoms with E-state index in [1.807, 2.05) is 0 Å². The van der Waals surface area contributed by atoms with E-state index in [-0.39, 0.29) is 5.41 Å². The lowest BCUT2D eigenvalue weighted by Crippen LogP contribution is -2.20. The zero-order valence-electron chi connectivity index (χ0n) is 13.0. The van der Waals surface area contributed by atoms with Crippen LogP contribution in [0.2, 0.25) is 0 Å². The molecule has 0 radical (unpaired) electrons. The molecule has 1 aliphatic carbocycles. The molecule has 108 valence electrons. The maximum atomic E-state index is 4.60. The van der Waals surface area contributed by atoms with Gasteiger partial charge in [0.1, 0.15) is 11.4 Å². The molecule has 21 heavy (non-hydrogen) atoms. The maximum absolute atomic E-state index is 4.60. The Hall–Kier alpha value is -1.74. The van der Waals surface area contributed by atoms with E-state index in [2.05, 4.69) is 72.9 Å². The fourth-order valence-electron chi connectivity index (χ4n) is 3.28. The summed E-state index contributed by atoms with van der Waals surface area (Å²) in [5.74, 6) is 0. The summed E-state index contributed by atoms with van der Waals surface area (Å²) in [6.07, 6.45) is 5.33. The number of hydrogen-bond donors (Lipinski definition) is 0. The van der Waals surface area contributed by atoms with Gasteiger partial charge in [-0.05, 0) is 30.1 Å². The van der Waals surface area contributed by atoms with Crippen LogP contribution in [0.25, 0.3) is 16.8 Å². The van der Waals surface area contributed by atoms with Gasteiger partial charge in [0.05, 0.1) is 11.7 Å². The van der Waals surface area contributed by atoms with Crippen molar-refractivity contribution in [2.75, 3.05) is 0 Å². The third-order valence-electron chi connectivity index (χ3n) is 4.32. The van der Waals surface area contributed by atoms with Crippen molar-refractivity contribution in [2.45, 2.75) is 39.5 Å². The van der Waals surface area contributed by atoms with E-state index in [9.17, 15) is 0 Å². The number of allylic oxidation sites excluding steroid dienone is 4. The smallest absolute Gasteiger partial charge is 0.112 e. The first kappa shape index (κ1) is 14.2. The molecule has 1 heterocycles. The summed E-state index contributed by atoms with van der Waals surface area (Å²) in [6, 6.07) is 8.60. The topological polar surface area (TPSA) is 25.8 Å². The summed E-state index contributed by atoms with van der Waals surface area (Å²) in [5.41, 5.74) is 7.28. The summed E-state index contributed by atoms with van der Waals surface area (Å²) < 4.78 is 9.19. The van der Waals surface area contributed by atoms with Gasteiger partial charge in [-0.2, -0.15) is 8.75 Å². The van der Waals surface area contributed by atoms with E-state index in [0.29, 0.717) is 0 Å². The van der Waals surface area contributed by atoms with Crippen molar-refractivity contribution in [3.8, 4) is 11.3 Å². The van der Waals surface area contributed by atoms with Crippen LogP contribution < -0.4 is 0 Å². The van der Waals surface area contributed by atoms with Crippen LogP contribution in [0.15, 0.2) is 42.0 Å². The van der Waals surface area contributed by atoms with E-state index < -0.39 is 0 Å². The average Bonchev–Trinajstić information content (AvgIpc) is 2.94. The van der Waals surface area contributed by atoms with Crippen LogP contribution in [-0.4, -0.2) is 8.75 Å². The summed E-state index contributed by atoms with van der Waals surface area (Å²) in [5, 5.41) is 0. The molecule has 0 saturated carbocycles. The second kappa shape index (κ2) is 5.23. The molecule has 0 fully saturated rings. The quantitative estimate of drug-likeness (QED) is 0.757. The van der Waals surface area contributed by atoms with Crippen LogP contribution in [0.3, 0.4) is 0 Å². The van der Waals surface area contributed by atoms with Crippen LogP contribution in [0.1, 0.15) is 45.4 Å². The lowest BCUT2D eigenvalue weighted by molar-refractivity contribution is 0.642. The molecule has 1 aliphatic rings. The molecular weight excluding hydrogens is 276 g/mol. The molecule has 3 heteroatoms. The van der Waals surface area contributed by atoms with Crippen LogP contribution in [-0.2, 0) is 5.41 Å². The molecule has 0 aliphatic heterocycles. The van der Waals surface area contributed by atoms with Gasteiger partial charge in [0, 0.05) is 11.0 Å². The lowest BCUT2D eigenvalue weighted by Gasteiger charge is -2.29. The van der Waals surface area contributed by atoms with Crippen molar-refractivity contribution in [1.29, 1.82) is 0 Å². The number of benzene rings is 1. The molecule has 0 spiro atoms. The molecule has 0 N–H and O–H groups in total. The standard InChI is InChI=1S/C18H20N2S/c1-5-9-14-12(6-2)16-17(20-21-19-16)13-10-7-8-11-15(13)18(14,3)4/h5,7-11H,6H2,1-4H3. The van der Waals surface area contributed by atoms with E-state index in [0.717, 1.165) is 17.8 Å². The number of nitrogens with zero attached hydrogens (tertiary/aromatic N) is 2. The highest BCUT2D eigenvalue weighted by molar-refractivity contribution is 6.99. The van der Waals surface area contributed by atoms with Gasteiger partial charge in [0.2, 0.25) is 0 Å². The summed E-state index contributed by atoms with van der Waals surface area (Å²) in [7, 11) is 0. The Morgan fingerprint density at radius 2 is 1.86 bits per heavy atom. The number of hydrogen-bond acceptors (Lipinski definition) is 3. The predicted molar refractivity (Wildman–Crippen MR) is 90.4 cm³/mol. The molecule has 3 rings (SSSR count). The zero-order valence-corrected chi connectivity index (χ0v) is 13.8. The minimum Gasteiger partial charge on any atom is -0.173 e. The van der Waals surface area contributed by atoms with Gasteiger partial charge in [-0.15, -0.1) is 0 Å². The van der Waals surface area contributed by atoms with Gasteiger partial charge in [0.25, 0.3) is 0 Å². The number of rotatable bonds is 2. The van der Waals surface area contributed by atoms with E-state index in [1.165, 1.54) is 34.0 Å². The minimum absolute atomic E-state index is 0.0471. The first-order valence-corrected chi connectivity index (χ1v) is 8.13. The van der Waals surface area contributed by atoms with Crippen molar-refractivity contribution < 1.29 is 0 Å². The first-order valence-electron chi connectivity index (χ1n) is 7.40. The van der Waals surface area contributed by atoms with Crippen LogP contribution in [0.4, 0.5) is 0 Å². The normalized spacial score (nSPS) is 16.8. The van der Waals surface area contributed by atoms with Crippen molar-refractivity contribution in [2.24, 2.45) is 0 Å². The minimum atomic E-state index is -0.0471. The molecule has 2 aromatic rings. The Kier molecular flexibility index (Phi) is 3.54. The van der Waals surface area contributed by atoms with Gasteiger partial charge < -0.3 is 0 Å². The Labute approximate surface area is 130 Å². The van der Waals surface area contributed by atoms with Gasteiger partial charge >= 0.3 is 0 Å². The molecule has 0 saturated heterocycles. The summed E-state index contributed by atoms with van der Waals surface area (Å²) in [6.45, 7) is 8.87. The molecule has 0 unspecified atom stereocenters.